The highest BCUT2D eigenvalue weighted by atomic mass is 32.1. The van der Waals surface area contributed by atoms with Crippen molar-refractivity contribution in [3.63, 3.8) is 0 Å². The van der Waals surface area contributed by atoms with Crippen LogP contribution in [0.25, 0.3) is 0 Å². The molecule has 2 N–H and O–H groups in total. The number of likely N-dealkylation sites (N-methyl/N-ethyl adjacent to an activating group) is 1. The van der Waals surface area contributed by atoms with Crippen molar-refractivity contribution in [3.05, 3.63) is 16.6 Å². The van der Waals surface area contributed by atoms with Gasteiger partial charge in [0.05, 0.1) is 11.2 Å². The second-order valence-corrected chi connectivity index (χ2v) is 3.84. The van der Waals surface area contributed by atoms with Gasteiger partial charge in [-0.1, -0.05) is 0 Å². The Hall–Kier alpha value is -0.450. The molecule has 1 heterocycles. The van der Waals surface area contributed by atoms with E-state index >= 15 is 0 Å². The van der Waals surface area contributed by atoms with Crippen molar-refractivity contribution in [1.29, 1.82) is 0 Å². The highest BCUT2D eigenvalue weighted by Gasteiger charge is 1.97. The van der Waals surface area contributed by atoms with Gasteiger partial charge in [-0.05, 0) is 14.0 Å². The van der Waals surface area contributed by atoms with E-state index in [-0.39, 0.29) is 0 Å². The summed E-state index contributed by atoms with van der Waals surface area (Å²) in [6, 6.07) is 0.537. The maximum absolute atomic E-state index is 4.22. The third-order valence-corrected chi connectivity index (χ3v) is 2.62. The molecule has 0 bridgehead atoms. The molecule has 0 saturated carbocycles. The Morgan fingerprint density at radius 2 is 2.46 bits per heavy atom. The van der Waals surface area contributed by atoms with Gasteiger partial charge in [-0.25, -0.2) is 4.98 Å². The van der Waals surface area contributed by atoms with Gasteiger partial charge < -0.3 is 10.6 Å². The molecular formula is C9H17N3S. The van der Waals surface area contributed by atoms with E-state index in [1.807, 2.05) is 12.6 Å². The van der Waals surface area contributed by atoms with Crippen molar-refractivity contribution in [1.82, 2.24) is 15.6 Å². The van der Waals surface area contributed by atoms with Crippen LogP contribution in [-0.2, 0) is 6.42 Å². The summed E-state index contributed by atoms with van der Waals surface area (Å²) in [5.74, 6) is 0. The molecule has 13 heavy (non-hydrogen) atoms. The van der Waals surface area contributed by atoms with E-state index in [0.717, 1.165) is 19.5 Å². The monoisotopic (exact) mass is 199 g/mol. The first-order chi connectivity index (χ1) is 6.33. The first kappa shape index (κ1) is 10.6. The zero-order valence-electron chi connectivity index (χ0n) is 8.21. The van der Waals surface area contributed by atoms with Crippen LogP contribution in [0.15, 0.2) is 10.9 Å². The first-order valence-electron chi connectivity index (χ1n) is 4.58. The molecule has 1 aromatic heterocycles. The Kier molecular flexibility index (Phi) is 4.97. The fraction of sp³-hybridized carbons (Fsp3) is 0.667. The van der Waals surface area contributed by atoms with E-state index in [1.54, 1.807) is 11.3 Å². The van der Waals surface area contributed by atoms with Crippen LogP contribution in [0.3, 0.4) is 0 Å². The van der Waals surface area contributed by atoms with Gasteiger partial charge in [0.1, 0.15) is 0 Å². The van der Waals surface area contributed by atoms with Gasteiger partial charge in [-0.15, -0.1) is 11.3 Å². The maximum atomic E-state index is 4.22. The normalized spacial score (nSPS) is 13.1. The Balaban J connectivity index is 2.02. The fourth-order valence-electron chi connectivity index (χ4n) is 0.998. The molecule has 0 amide bonds. The molecular weight excluding hydrogens is 182 g/mol. The molecule has 0 radical (unpaired) electrons. The molecule has 0 saturated heterocycles. The molecule has 1 aromatic rings. The predicted octanol–water partition coefficient (Wildman–Crippen LogP) is 0.883. The van der Waals surface area contributed by atoms with Crippen LogP contribution in [0.4, 0.5) is 0 Å². The molecule has 0 aliphatic rings. The van der Waals surface area contributed by atoms with Gasteiger partial charge in [-0.2, -0.15) is 0 Å². The lowest BCUT2D eigenvalue weighted by Gasteiger charge is -2.10. The maximum Gasteiger partial charge on any atom is 0.0794 e. The van der Waals surface area contributed by atoms with Gasteiger partial charge in [0.25, 0.3) is 0 Å². The highest BCUT2D eigenvalue weighted by Crippen LogP contribution is 2.00. The predicted molar refractivity (Wildman–Crippen MR) is 57.2 cm³/mol. The number of aromatic nitrogens is 1. The average molecular weight is 199 g/mol. The summed E-state index contributed by atoms with van der Waals surface area (Å²) in [6.07, 6.45) is 1.03. The zero-order valence-corrected chi connectivity index (χ0v) is 9.03. The number of rotatable bonds is 6. The highest BCUT2D eigenvalue weighted by molar-refractivity contribution is 7.07. The summed E-state index contributed by atoms with van der Waals surface area (Å²) in [5, 5.41) is 8.66. The molecule has 0 aliphatic carbocycles. The summed E-state index contributed by atoms with van der Waals surface area (Å²) in [7, 11) is 1.98. The summed E-state index contributed by atoms with van der Waals surface area (Å²) >= 11 is 1.66. The van der Waals surface area contributed by atoms with Crippen molar-refractivity contribution >= 4 is 11.3 Å². The van der Waals surface area contributed by atoms with Gasteiger partial charge in [0, 0.05) is 30.9 Å². The van der Waals surface area contributed by atoms with E-state index in [4.69, 9.17) is 0 Å². The van der Waals surface area contributed by atoms with Crippen molar-refractivity contribution in [2.75, 3.05) is 20.1 Å². The summed E-state index contributed by atoms with van der Waals surface area (Å²) in [5.41, 5.74) is 3.07. The van der Waals surface area contributed by atoms with Crippen LogP contribution in [0, 0.1) is 0 Å². The number of thiazole rings is 1. The largest absolute Gasteiger partial charge is 0.316 e. The number of nitrogens with one attached hydrogen (secondary N) is 2. The van der Waals surface area contributed by atoms with E-state index in [2.05, 4.69) is 27.9 Å². The topological polar surface area (TPSA) is 37.0 Å². The molecule has 1 rings (SSSR count). The molecule has 1 unspecified atom stereocenters. The van der Waals surface area contributed by atoms with E-state index in [0.29, 0.717) is 6.04 Å². The fourth-order valence-corrected chi connectivity index (χ4v) is 1.59. The Morgan fingerprint density at radius 1 is 1.62 bits per heavy atom. The zero-order chi connectivity index (χ0) is 9.52. The van der Waals surface area contributed by atoms with Crippen LogP contribution in [0.2, 0.25) is 0 Å². The summed E-state index contributed by atoms with van der Waals surface area (Å²) in [6.45, 7) is 4.19. The number of hydrogen-bond donors (Lipinski definition) is 2. The van der Waals surface area contributed by atoms with Crippen LogP contribution in [0.1, 0.15) is 12.6 Å². The Bertz CT molecular complexity index is 211. The van der Waals surface area contributed by atoms with Crippen molar-refractivity contribution in [2.45, 2.75) is 19.4 Å². The van der Waals surface area contributed by atoms with Gasteiger partial charge >= 0.3 is 0 Å². The molecule has 74 valence electrons. The Morgan fingerprint density at radius 3 is 3.08 bits per heavy atom. The standard InChI is InChI=1S/C9H17N3S/c1-8(10-2)5-11-4-3-9-6-13-7-12-9/h6-8,10-11H,3-5H2,1-2H3. The van der Waals surface area contributed by atoms with Crippen LogP contribution < -0.4 is 10.6 Å². The molecule has 0 fully saturated rings. The quantitative estimate of drug-likeness (QED) is 0.668. The van der Waals surface area contributed by atoms with Crippen LogP contribution >= 0.6 is 11.3 Å². The lowest BCUT2D eigenvalue weighted by Crippen LogP contribution is -2.34. The van der Waals surface area contributed by atoms with Crippen LogP contribution in [0.5, 0.6) is 0 Å². The van der Waals surface area contributed by atoms with E-state index in [9.17, 15) is 0 Å². The number of nitrogens with zero attached hydrogens (tertiary/aromatic N) is 1. The second kappa shape index (κ2) is 6.07. The van der Waals surface area contributed by atoms with Crippen LogP contribution in [-0.4, -0.2) is 31.2 Å². The van der Waals surface area contributed by atoms with Crippen molar-refractivity contribution < 1.29 is 0 Å². The molecule has 3 nitrogen and oxygen atoms in total. The molecule has 0 aromatic carbocycles. The first-order valence-corrected chi connectivity index (χ1v) is 5.52. The second-order valence-electron chi connectivity index (χ2n) is 3.12. The number of hydrogen-bond acceptors (Lipinski definition) is 4. The summed E-state index contributed by atoms with van der Waals surface area (Å²) < 4.78 is 0. The minimum Gasteiger partial charge on any atom is -0.316 e. The van der Waals surface area contributed by atoms with Gasteiger partial charge in [0.15, 0.2) is 0 Å². The third kappa shape index (κ3) is 4.36. The summed E-state index contributed by atoms with van der Waals surface area (Å²) in [4.78, 5) is 4.22. The van der Waals surface area contributed by atoms with Crippen molar-refractivity contribution in [2.24, 2.45) is 0 Å². The van der Waals surface area contributed by atoms with E-state index in [1.165, 1.54) is 5.69 Å². The molecule has 0 spiro atoms. The van der Waals surface area contributed by atoms with Gasteiger partial charge in [-0.3, -0.25) is 0 Å². The smallest absolute Gasteiger partial charge is 0.0794 e. The Labute approximate surface area is 83.6 Å². The minimum atomic E-state index is 0.537. The molecule has 0 aliphatic heterocycles. The lowest BCUT2D eigenvalue weighted by atomic mass is 10.3. The van der Waals surface area contributed by atoms with E-state index < -0.39 is 0 Å². The minimum absolute atomic E-state index is 0.537. The molecule has 1 atom stereocenters. The average Bonchev–Trinajstić information content (AvgIpc) is 2.64. The molecule has 4 heteroatoms. The SMILES string of the molecule is CNC(C)CNCCc1cscn1. The third-order valence-electron chi connectivity index (χ3n) is 1.98. The lowest BCUT2D eigenvalue weighted by molar-refractivity contribution is 0.541. The van der Waals surface area contributed by atoms with Gasteiger partial charge in [0.2, 0.25) is 0 Å². The van der Waals surface area contributed by atoms with Crippen molar-refractivity contribution in [3.8, 4) is 0 Å².